The molecule has 7 nitrogen and oxygen atoms in total. The highest BCUT2D eigenvalue weighted by molar-refractivity contribution is 9.10. The van der Waals surface area contributed by atoms with Crippen LogP contribution in [0.25, 0.3) is 0 Å². The van der Waals surface area contributed by atoms with Gasteiger partial charge in [0.05, 0.1) is 18.7 Å². The average Bonchev–Trinajstić information content (AvgIpc) is 2.75. The van der Waals surface area contributed by atoms with Gasteiger partial charge < -0.3 is 14.8 Å². The Morgan fingerprint density at radius 1 is 1.34 bits per heavy atom. The molecule has 0 spiro atoms. The van der Waals surface area contributed by atoms with Crippen LogP contribution < -0.4 is 10.9 Å². The standard InChI is InChI=1S/C22H24BrF2N3O4/c1-27-10-16(15(19(25)21(27)30)8-13-5-6-14(23)9-17(13)24)20(29)28-11-22(12-28,32-31)18-4-2-3-7-26-18/h5-6,9-10,18,26,31H,2-4,7-8,11-12H2,1H3/t18-/m0/s1. The number of piperidine rings is 1. The molecule has 172 valence electrons. The lowest BCUT2D eigenvalue weighted by Crippen LogP contribution is -2.73. The van der Waals surface area contributed by atoms with Gasteiger partial charge in [-0.05, 0) is 37.1 Å². The lowest BCUT2D eigenvalue weighted by atomic mass is 9.81. The van der Waals surface area contributed by atoms with E-state index in [2.05, 4.69) is 21.2 Å². The van der Waals surface area contributed by atoms with E-state index in [1.54, 1.807) is 6.07 Å². The summed E-state index contributed by atoms with van der Waals surface area (Å²) >= 11 is 3.18. The van der Waals surface area contributed by atoms with Crippen LogP contribution in [0, 0.1) is 11.6 Å². The number of carbonyl (C=O) groups excluding carboxylic acids is 1. The molecule has 4 rings (SSSR count). The number of nitrogens with one attached hydrogen (secondary N) is 1. The maximum atomic E-state index is 15.0. The SMILES string of the molecule is Cn1cc(C(=O)N2CC(OO)([C@@H]3CCCCN3)C2)c(Cc2ccc(Br)cc2F)c(F)c1=O. The summed E-state index contributed by atoms with van der Waals surface area (Å²) in [6, 6.07) is 4.24. The van der Waals surface area contributed by atoms with Gasteiger partial charge in [-0.3, -0.25) is 14.8 Å². The van der Waals surface area contributed by atoms with Crippen LogP contribution in [0.5, 0.6) is 0 Å². The molecule has 2 aliphatic rings. The minimum Gasteiger partial charge on any atom is -0.332 e. The molecule has 0 unspecified atom stereocenters. The first kappa shape index (κ1) is 23.0. The molecule has 0 saturated carbocycles. The Morgan fingerprint density at radius 3 is 2.72 bits per heavy atom. The Labute approximate surface area is 192 Å². The van der Waals surface area contributed by atoms with E-state index < -0.39 is 28.7 Å². The van der Waals surface area contributed by atoms with Crippen LogP contribution >= 0.6 is 15.9 Å². The molecule has 2 saturated heterocycles. The molecule has 2 aromatic rings. The van der Waals surface area contributed by atoms with Gasteiger partial charge >= 0.3 is 0 Å². The number of benzene rings is 1. The number of carbonyl (C=O) groups is 1. The Hall–Kier alpha value is -2.14. The number of hydrogen-bond donors (Lipinski definition) is 2. The van der Waals surface area contributed by atoms with E-state index in [0.717, 1.165) is 30.4 Å². The fourth-order valence-corrected chi connectivity index (χ4v) is 4.83. The number of hydrogen-bond acceptors (Lipinski definition) is 5. The Kier molecular flexibility index (Phi) is 6.49. The molecule has 1 atom stereocenters. The van der Waals surface area contributed by atoms with E-state index in [4.69, 9.17) is 4.89 Å². The predicted octanol–water partition coefficient (Wildman–Crippen LogP) is 2.84. The third kappa shape index (κ3) is 4.12. The van der Waals surface area contributed by atoms with Gasteiger partial charge in [-0.2, -0.15) is 0 Å². The van der Waals surface area contributed by atoms with Crippen molar-refractivity contribution in [1.82, 2.24) is 14.8 Å². The fourth-order valence-electron chi connectivity index (χ4n) is 4.50. The lowest BCUT2D eigenvalue weighted by Gasteiger charge is -2.52. The maximum absolute atomic E-state index is 15.0. The van der Waals surface area contributed by atoms with Crippen molar-refractivity contribution < 1.29 is 23.7 Å². The highest BCUT2D eigenvalue weighted by atomic mass is 79.9. The van der Waals surface area contributed by atoms with Crippen LogP contribution in [0.15, 0.2) is 33.7 Å². The highest BCUT2D eigenvalue weighted by Gasteiger charge is 2.53. The minimum atomic E-state index is -1.08. The first-order valence-electron chi connectivity index (χ1n) is 10.4. The number of rotatable bonds is 5. The zero-order chi connectivity index (χ0) is 23.0. The van der Waals surface area contributed by atoms with Gasteiger partial charge in [0.15, 0.2) is 11.4 Å². The molecule has 32 heavy (non-hydrogen) atoms. The monoisotopic (exact) mass is 511 g/mol. The van der Waals surface area contributed by atoms with E-state index in [-0.39, 0.29) is 42.2 Å². The number of halogens is 3. The van der Waals surface area contributed by atoms with Crippen molar-refractivity contribution in [3.63, 3.8) is 0 Å². The van der Waals surface area contributed by atoms with E-state index in [1.807, 2.05) is 0 Å². The molecule has 0 bridgehead atoms. The van der Waals surface area contributed by atoms with Crippen LogP contribution in [0.2, 0.25) is 0 Å². The molecule has 0 radical (unpaired) electrons. The quantitative estimate of drug-likeness (QED) is 0.476. The first-order valence-corrected chi connectivity index (χ1v) is 11.2. The molecule has 1 aromatic carbocycles. The van der Waals surface area contributed by atoms with Crippen molar-refractivity contribution in [3.05, 3.63) is 67.5 Å². The van der Waals surface area contributed by atoms with Gasteiger partial charge in [0.25, 0.3) is 11.5 Å². The van der Waals surface area contributed by atoms with Crippen molar-refractivity contribution in [2.45, 2.75) is 37.3 Å². The zero-order valence-corrected chi connectivity index (χ0v) is 19.1. The molecule has 10 heteroatoms. The molecule has 2 fully saturated rings. The molecular weight excluding hydrogens is 488 g/mol. The van der Waals surface area contributed by atoms with Crippen LogP contribution in [-0.2, 0) is 18.4 Å². The predicted molar refractivity (Wildman–Crippen MR) is 117 cm³/mol. The van der Waals surface area contributed by atoms with Crippen molar-refractivity contribution in [2.75, 3.05) is 19.6 Å². The van der Waals surface area contributed by atoms with Crippen molar-refractivity contribution in [1.29, 1.82) is 0 Å². The summed E-state index contributed by atoms with van der Waals surface area (Å²) in [5, 5.41) is 12.9. The van der Waals surface area contributed by atoms with Crippen LogP contribution in [-0.4, -0.2) is 51.9 Å². The molecule has 1 amide bonds. The second-order valence-corrected chi connectivity index (χ2v) is 9.40. The number of amides is 1. The van der Waals surface area contributed by atoms with Gasteiger partial charge in [0, 0.05) is 35.7 Å². The number of nitrogens with zero attached hydrogens (tertiary/aromatic N) is 2. The normalized spacial score (nSPS) is 20.2. The van der Waals surface area contributed by atoms with Gasteiger partial charge in [0.1, 0.15) is 5.82 Å². The minimum absolute atomic E-state index is 0.0185. The first-order chi connectivity index (χ1) is 15.3. The Morgan fingerprint density at radius 2 is 2.09 bits per heavy atom. The topological polar surface area (TPSA) is 83.8 Å². The number of likely N-dealkylation sites (tertiary alicyclic amines) is 1. The van der Waals surface area contributed by atoms with E-state index >= 15 is 0 Å². The Bertz CT molecular complexity index is 1100. The average molecular weight is 512 g/mol. The van der Waals surface area contributed by atoms with Gasteiger partial charge in [-0.15, -0.1) is 0 Å². The zero-order valence-electron chi connectivity index (χ0n) is 17.5. The van der Waals surface area contributed by atoms with Gasteiger partial charge in [0.2, 0.25) is 0 Å². The summed E-state index contributed by atoms with van der Waals surface area (Å²) in [5.74, 6) is -2.16. The molecule has 0 aliphatic carbocycles. The lowest BCUT2D eigenvalue weighted by molar-refractivity contribution is -0.357. The summed E-state index contributed by atoms with van der Waals surface area (Å²) in [5.41, 5.74) is -1.82. The summed E-state index contributed by atoms with van der Waals surface area (Å²) < 4.78 is 30.9. The van der Waals surface area contributed by atoms with Crippen molar-refractivity contribution >= 4 is 21.8 Å². The highest BCUT2D eigenvalue weighted by Crippen LogP contribution is 2.34. The molecule has 2 aliphatic heterocycles. The summed E-state index contributed by atoms with van der Waals surface area (Å²) in [6.07, 6.45) is 3.87. The molecule has 3 heterocycles. The fraction of sp³-hybridized carbons (Fsp3) is 0.455. The molecule has 1 aromatic heterocycles. The van der Waals surface area contributed by atoms with Crippen molar-refractivity contribution in [2.24, 2.45) is 7.05 Å². The molecular formula is C22H24BrF2N3O4. The number of aromatic nitrogens is 1. The van der Waals surface area contributed by atoms with Crippen LogP contribution in [0.3, 0.4) is 0 Å². The van der Waals surface area contributed by atoms with E-state index in [0.29, 0.717) is 4.47 Å². The van der Waals surface area contributed by atoms with Crippen molar-refractivity contribution in [3.8, 4) is 0 Å². The number of pyridine rings is 1. The van der Waals surface area contributed by atoms with Crippen LogP contribution in [0.1, 0.15) is 40.7 Å². The third-order valence-electron chi connectivity index (χ3n) is 6.37. The second kappa shape index (κ2) is 9.01. The third-order valence-corrected chi connectivity index (χ3v) is 6.86. The smallest absolute Gasteiger partial charge is 0.286 e. The largest absolute Gasteiger partial charge is 0.332 e. The summed E-state index contributed by atoms with van der Waals surface area (Å²) in [4.78, 5) is 31.7. The van der Waals surface area contributed by atoms with E-state index in [1.165, 1.54) is 30.3 Å². The maximum Gasteiger partial charge on any atom is 0.286 e. The van der Waals surface area contributed by atoms with Gasteiger partial charge in [-0.25, -0.2) is 13.7 Å². The Balaban J connectivity index is 1.63. The van der Waals surface area contributed by atoms with Gasteiger partial charge in [-0.1, -0.05) is 28.4 Å². The molecule has 2 N–H and O–H groups in total. The summed E-state index contributed by atoms with van der Waals surface area (Å²) in [6.45, 7) is 1.05. The second-order valence-electron chi connectivity index (χ2n) is 8.48. The number of aryl methyl sites for hydroxylation is 1. The summed E-state index contributed by atoms with van der Waals surface area (Å²) in [7, 11) is 1.36. The van der Waals surface area contributed by atoms with Crippen LogP contribution in [0.4, 0.5) is 8.78 Å². The van der Waals surface area contributed by atoms with E-state index in [9.17, 15) is 23.6 Å².